The lowest BCUT2D eigenvalue weighted by atomic mass is 10.0. The highest BCUT2D eigenvalue weighted by Gasteiger charge is 2.31. The van der Waals surface area contributed by atoms with Gasteiger partial charge in [-0.25, -0.2) is 4.79 Å². The zero-order chi connectivity index (χ0) is 48.5. The van der Waals surface area contributed by atoms with Crippen LogP contribution >= 0.6 is 0 Å². The summed E-state index contributed by atoms with van der Waals surface area (Å²) in [4.78, 5) is 134. The van der Waals surface area contributed by atoms with Gasteiger partial charge >= 0.3 is 11.9 Å². The lowest BCUT2D eigenvalue weighted by Gasteiger charge is -2.25. The number of hydrogen-bond acceptors (Lipinski definition) is 13. The summed E-state index contributed by atoms with van der Waals surface area (Å²) in [5, 5.41) is 41.0. The Labute approximate surface area is 369 Å². The predicted molar refractivity (Wildman–Crippen MR) is 229 cm³/mol. The number of carbonyl (C=O) groups excluding carboxylic acids is 8. The maximum Gasteiger partial charge on any atom is 0.326 e. The smallest absolute Gasteiger partial charge is 0.326 e. The fraction of sp³-hybridized carbons (Fsp3) is 0.676. The molecule has 64 heavy (non-hydrogen) atoms. The number of carbonyl (C=O) groups is 10. The number of aliphatic imine (C=N–C) groups is 2. The van der Waals surface area contributed by atoms with E-state index in [1.807, 2.05) is 0 Å². The number of aliphatic carboxylic acids is 2. The standard InChI is InChI=1S/C37H65N15O12/c1-18(2)14-24(34(62)51-23(35(63)64)10-7-13-44-37(40)41)52-33(61)22(9-6-12-43-36(38)39)49-26(53)17-46-31(59)25(15-28(55)56)50-27(54)16-45-29(57)19(3)47-30(58)20(4)48-32(60)21-8-5-11-42-21/h18-25,42H,5-17H2,1-4H3,(H,45,57)(H,46,59)(H,47,58)(H,48,60)(H,49,53)(H,50,54)(H,51,62)(H,52,61)(H,55,56)(H,63,64)(H4,38,39,43)(H4,40,41,44)/t19-,20-,21-,22-,23-,24-,25-/m0/s1. The van der Waals surface area contributed by atoms with Gasteiger partial charge in [0, 0.05) is 13.1 Å². The first-order valence-corrected chi connectivity index (χ1v) is 20.6. The van der Waals surface area contributed by atoms with Crippen molar-refractivity contribution < 1.29 is 58.2 Å². The minimum absolute atomic E-state index is 0.0365. The number of hydrogen-bond donors (Lipinski definition) is 15. The highest BCUT2D eigenvalue weighted by atomic mass is 16.4. The van der Waals surface area contributed by atoms with Crippen LogP contribution in [-0.4, -0.2) is 156 Å². The van der Waals surface area contributed by atoms with Gasteiger partial charge in [-0.15, -0.1) is 0 Å². The van der Waals surface area contributed by atoms with E-state index in [1.54, 1.807) is 13.8 Å². The first-order valence-electron chi connectivity index (χ1n) is 20.6. The van der Waals surface area contributed by atoms with Crippen molar-refractivity contribution >= 4 is 71.1 Å². The summed E-state index contributed by atoms with van der Waals surface area (Å²) in [6, 6.07) is -8.26. The molecule has 8 amide bonds. The van der Waals surface area contributed by atoms with E-state index >= 15 is 0 Å². The Morgan fingerprint density at radius 1 is 0.609 bits per heavy atom. The van der Waals surface area contributed by atoms with Crippen LogP contribution in [0.1, 0.15) is 79.1 Å². The molecule has 1 aliphatic rings. The fourth-order valence-corrected chi connectivity index (χ4v) is 5.96. The largest absolute Gasteiger partial charge is 0.481 e. The van der Waals surface area contributed by atoms with Crippen molar-refractivity contribution in [2.24, 2.45) is 38.8 Å². The molecule has 0 spiro atoms. The van der Waals surface area contributed by atoms with E-state index in [-0.39, 0.29) is 68.9 Å². The molecular weight excluding hydrogens is 846 g/mol. The van der Waals surface area contributed by atoms with E-state index in [0.717, 1.165) is 6.42 Å². The molecule has 27 nitrogen and oxygen atoms in total. The molecule has 27 heteroatoms. The zero-order valence-corrected chi connectivity index (χ0v) is 36.5. The molecule has 0 aromatic heterocycles. The van der Waals surface area contributed by atoms with Gasteiger partial charge < -0.3 is 81.0 Å². The third-order valence-electron chi connectivity index (χ3n) is 9.25. The molecule has 0 unspecified atom stereocenters. The number of rotatable bonds is 29. The lowest BCUT2D eigenvalue weighted by Crippen LogP contribution is -2.57. The molecule has 1 fully saturated rings. The Morgan fingerprint density at radius 3 is 1.61 bits per heavy atom. The summed E-state index contributed by atoms with van der Waals surface area (Å²) in [6.07, 6.45) is 0.795. The van der Waals surface area contributed by atoms with Crippen LogP contribution in [0.5, 0.6) is 0 Å². The molecule has 19 N–H and O–H groups in total. The monoisotopic (exact) mass is 911 g/mol. The van der Waals surface area contributed by atoms with E-state index in [1.165, 1.54) is 13.8 Å². The normalized spacial score (nSPS) is 15.9. The van der Waals surface area contributed by atoms with Crippen molar-refractivity contribution in [3.8, 4) is 0 Å². The van der Waals surface area contributed by atoms with Gasteiger partial charge in [0.25, 0.3) is 0 Å². The van der Waals surface area contributed by atoms with Gasteiger partial charge in [0.1, 0.15) is 36.3 Å². The number of guanidine groups is 2. The van der Waals surface area contributed by atoms with Crippen molar-refractivity contribution in [1.82, 2.24) is 47.9 Å². The van der Waals surface area contributed by atoms with Crippen LogP contribution in [0.15, 0.2) is 9.98 Å². The molecule has 1 rings (SSSR count). The fourth-order valence-electron chi connectivity index (χ4n) is 5.96. The number of nitrogens with zero attached hydrogens (tertiary/aromatic N) is 2. The minimum Gasteiger partial charge on any atom is -0.481 e. The number of carboxylic acids is 2. The Bertz CT molecular complexity index is 1710. The Kier molecular flexibility index (Phi) is 24.8. The second-order valence-electron chi connectivity index (χ2n) is 15.4. The highest BCUT2D eigenvalue weighted by Crippen LogP contribution is 2.09. The summed E-state index contributed by atoms with van der Waals surface area (Å²) in [7, 11) is 0. The van der Waals surface area contributed by atoms with Gasteiger partial charge in [0.05, 0.1) is 25.6 Å². The Morgan fingerprint density at radius 2 is 1.11 bits per heavy atom. The maximum atomic E-state index is 13.6. The van der Waals surface area contributed by atoms with E-state index in [2.05, 4.69) is 57.8 Å². The first-order chi connectivity index (χ1) is 30.0. The third-order valence-corrected chi connectivity index (χ3v) is 9.25. The average Bonchev–Trinajstić information content (AvgIpc) is 3.75. The molecule has 360 valence electrons. The molecule has 0 aliphatic carbocycles. The van der Waals surface area contributed by atoms with Crippen LogP contribution < -0.4 is 70.8 Å². The summed E-state index contributed by atoms with van der Waals surface area (Å²) in [6.45, 7) is 5.53. The van der Waals surface area contributed by atoms with Gasteiger partial charge in [-0.2, -0.15) is 0 Å². The second kappa shape index (κ2) is 28.7. The van der Waals surface area contributed by atoms with Crippen molar-refractivity contribution in [3.05, 3.63) is 0 Å². The number of nitrogens with one attached hydrogen (secondary N) is 9. The molecule has 1 saturated heterocycles. The SMILES string of the molecule is CC(C)C[C@H](NC(=O)[C@H](CCCN=C(N)N)NC(=O)CNC(=O)[C@H](CC(=O)O)NC(=O)CNC(=O)[C@H](C)NC(=O)[C@H](C)NC(=O)[C@@H]1CCCN1)C(=O)N[C@@H](CCCN=C(N)N)C(=O)O. The van der Waals surface area contributed by atoms with Crippen LogP contribution in [0, 0.1) is 5.92 Å². The lowest BCUT2D eigenvalue weighted by molar-refractivity contribution is -0.142. The second-order valence-corrected chi connectivity index (χ2v) is 15.4. The molecular formula is C37H65N15O12. The quantitative estimate of drug-likeness (QED) is 0.0188. The molecule has 0 radical (unpaired) electrons. The van der Waals surface area contributed by atoms with Crippen LogP contribution in [0.3, 0.4) is 0 Å². The number of carboxylic acid groups (broad SMARTS) is 2. The highest BCUT2D eigenvalue weighted by molar-refractivity contribution is 5.97. The Balaban J connectivity index is 2.93. The molecule has 1 heterocycles. The van der Waals surface area contributed by atoms with Crippen molar-refractivity contribution in [2.75, 3.05) is 32.7 Å². The van der Waals surface area contributed by atoms with E-state index in [9.17, 15) is 58.2 Å². The molecule has 1 aliphatic heterocycles. The molecule has 7 atom stereocenters. The maximum absolute atomic E-state index is 13.6. The van der Waals surface area contributed by atoms with Crippen LogP contribution in [-0.2, 0) is 47.9 Å². The van der Waals surface area contributed by atoms with Gasteiger partial charge in [-0.05, 0) is 71.3 Å². The van der Waals surface area contributed by atoms with Gasteiger partial charge in [-0.3, -0.25) is 53.1 Å². The summed E-state index contributed by atoms with van der Waals surface area (Å²) >= 11 is 0. The van der Waals surface area contributed by atoms with Crippen molar-refractivity contribution in [3.63, 3.8) is 0 Å². The van der Waals surface area contributed by atoms with Gasteiger partial charge in [-0.1, -0.05) is 13.8 Å². The van der Waals surface area contributed by atoms with E-state index in [0.29, 0.717) is 13.0 Å². The summed E-state index contributed by atoms with van der Waals surface area (Å²) < 4.78 is 0. The van der Waals surface area contributed by atoms with Gasteiger partial charge in [0.2, 0.25) is 47.3 Å². The number of amides is 8. The van der Waals surface area contributed by atoms with Crippen LogP contribution in [0.2, 0.25) is 0 Å². The van der Waals surface area contributed by atoms with Gasteiger partial charge in [0.15, 0.2) is 11.9 Å². The topological polar surface area (TPSA) is 448 Å². The first kappa shape index (κ1) is 55.2. The van der Waals surface area contributed by atoms with Crippen molar-refractivity contribution in [2.45, 2.75) is 121 Å². The zero-order valence-electron chi connectivity index (χ0n) is 36.5. The summed E-state index contributed by atoms with van der Waals surface area (Å²) in [5.74, 6) is -10.0. The summed E-state index contributed by atoms with van der Waals surface area (Å²) in [5.41, 5.74) is 21.4. The molecule has 0 aromatic carbocycles. The van der Waals surface area contributed by atoms with Crippen LogP contribution in [0.4, 0.5) is 0 Å². The predicted octanol–water partition coefficient (Wildman–Crippen LogP) is -6.37. The number of nitrogens with two attached hydrogens (primary N) is 4. The average molecular weight is 912 g/mol. The van der Waals surface area contributed by atoms with E-state index < -0.39 is 115 Å². The molecule has 0 saturated carbocycles. The van der Waals surface area contributed by atoms with Crippen LogP contribution in [0.25, 0.3) is 0 Å². The van der Waals surface area contributed by atoms with Crippen molar-refractivity contribution in [1.29, 1.82) is 0 Å². The third kappa shape index (κ3) is 22.9. The Hall–Kier alpha value is -6.80. The van der Waals surface area contributed by atoms with E-state index in [4.69, 9.17) is 22.9 Å². The molecule has 0 bridgehead atoms. The molecule has 0 aromatic rings. The minimum atomic E-state index is -1.74.